The summed E-state index contributed by atoms with van der Waals surface area (Å²) < 4.78 is 58.7. The minimum Gasteiger partial charge on any atom is -0.495 e. The van der Waals surface area contributed by atoms with Crippen LogP contribution in [0.25, 0.3) is 0 Å². The maximum Gasteiger partial charge on any atom is 0.240 e. The Kier molecular flexibility index (Phi) is 6.48. The van der Waals surface area contributed by atoms with Crippen LogP contribution in [0.5, 0.6) is 5.75 Å². The number of nitrogens with one attached hydrogen (secondary N) is 1. The van der Waals surface area contributed by atoms with Crippen LogP contribution in [-0.4, -0.2) is 59.7 Å². The lowest BCUT2D eigenvalue weighted by atomic mass is 10.2. The highest BCUT2D eigenvalue weighted by atomic mass is 32.2. The molecule has 1 N–H and O–H groups in total. The number of anilines is 1. The minimum atomic E-state index is -3.95. The minimum absolute atomic E-state index is 0.162. The molecular weight excluding hydrogens is 388 g/mol. The fourth-order valence-corrected chi connectivity index (χ4v) is 4.27. The molecule has 152 valence electrons. The topological polar surface area (TPSA) is 61.9 Å². The Hall–Kier alpha value is -2.23. The van der Waals surface area contributed by atoms with Crippen LogP contribution in [0.4, 0.5) is 14.5 Å². The summed E-state index contributed by atoms with van der Waals surface area (Å²) >= 11 is 0. The Morgan fingerprint density at radius 1 is 1.04 bits per heavy atom. The molecule has 1 fully saturated rings. The fraction of sp³-hybridized carbons (Fsp3) is 0.368. The predicted molar refractivity (Wildman–Crippen MR) is 103 cm³/mol. The molecule has 2 aromatic carbocycles. The molecule has 3 rings (SSSR count). The van der Waals surface area contributed by atoms with Crippen molar-refractivity contribution in [1.82, 2.24) is 9.62 Å². The number of benzene rings is 2. The summed E-state index contributed by atoms with van der Waals surface area (Å²) in [5.41, 5.74) is 1.04. The molecule has 28 heavy (non-hydrogen) atoms. The van der Waals surface area contributed by atoms with E-state index in [1.807, 2.05) is 24.3 Å². The van der Waals surface area contributed by atoms with Crippen LogP contribution >= 0.6 is 0 Å². The Morgan fingerprint density at radius 3 is 2.32 bits per heavy atom. The second kappa shape index (κ2) is 8.85. The number of para-hydroxylation sites is 2. The zero-order valence-electron chi connectivity index (χ0n) is 15.6. The third-order valence-corrected chi connectivity index (χ3v) is 6.11. The number of hydrogen-bond donors (Lipinski definition) is 1. The SMILES string of the molecule is COc1ccccc1N1CCN(CCNS(=O)(=O)c2cc(F)cc(F)c2)CC1. The van der Waals surface area contributed by atoms with Crippen molar-refractivity contribution in [2.75, 3.05) is 51.3 Å². The van der Waals surface area contributed by atoms with E-state index in [4.69, 9.17) is 4.74 Å². The number of hydrogen-bond acceptors (Lipinski definition) is 5. The Bertz CT molecular complexity index is 896. The molecule has 0 aromatic heterocycles. The molecule has 0 saturated carbocycles. The van der Waals surface area contributed by atoms with Gasteiger partial charge in [0.2, 0.25) is 10.0 Å². The lowest BCUT2D eigenvalue weighted by molar-refractivity contribution is 0.261. The molecule has 1 heterocycles. The Labute approximate surface area is 163 Å². The van der Waals surface area contributed by atoms with Gasteiger partial charge in [0.1, 0.15) is 17.4 Å². The van der Waals surface area contributed by atoms with Crippen molar-refractivity contribution in [3.63, 3.8) is 0 Å². The lowest BCUT2D eigenvalue weighted by Crippen LogP contribution is -2.48. The fourth-order valence-electron chi connectivity index (χ4n) is 3.21. The number of halogens is 2. The zero-order valence-corrected chi connectivity index (χ0v) is 16.4. The van der Waals surface area contributed by atoms with Crippen LogP contribution in [0.2, 0.25) is 0 Å². The van der Waals surface area contributed by atoms with Crippen LogP contribution < -0.4 is 14.4 Å². The van der Waals surface area contributed by atoms with E-state index in [9.17, 15) is 17.2 Å². The van der Waals surface area contributed by atoms with Gasteiger partial charge < -0.3 is 9.64 Å². The zero-order chi connectivity index (χ0) is 20.1. The first-order chi connectivity index (χ1) is 13.4. The molecule has 1 saturated heterocycles. The molecule has 0 amide bonds. The normalized spacial score (nSPS) is 15.6. The molecule has 0 spiro atoms. The lowest BCUT2D eigenvalue weighted by Gasteiger charge is -2.36. The molecule has 0 radical (unpaired) electrons. The Morgan fingerprint density at radius 2 is 1.68 bits per heavy atom. The van der Waals surface area contributed by atoms with Crippen LogP contribution in [0.1, 0.15) is 0 Å². The molecule has 0 aliphatic carbocycles. The van der Waals surface area contributed by atoms with Gasteiger partial charge in [0, 0.05) is 45.3 Å². The molecule has 0 bridgehead atoms. The maximum atomic E-state index is 13.2. The monoisotopic (exact) mass is 411 g/mol. The third-order valence-electron chi connectivity index (χ3n) is 4.66. The summed E-state index contributed by atoms with van der Waals surface area (Å²) in [6.45, 7) is 3.80. The number of sulfonamides is 1. The number of piperazine rings is 1. The van der Waals surface area contributed by atoms with Crippen molar-refractivity contribution >= 4 is 15.7 Å². The van der Waals surface area contributed by atoms with Crippen LogP contribution in [-0.2, 0) is 10.0 Å². The third kappa shape index (κ3) is 4.98. The molecule has 6 nitrogen and oxygen atoms in total. The van der Waals surface area contributed by atoms with E-state index in [1.54, 1.807) is 7.11 Å². The highest BCUT2D eigenvalue weighted by molar-refractivity contribution is 7.89. The predicted octanol–water partition coefficient (Wildman–Crippen LogP) is 2.07. The van der Waals surface area contributed by atoms with E-state index >= 15 is 0 Å². The smallest absolute Gasteiger partial charge is 0.240 e. The Balaban J connectivity index is 1.50. The first kappa shape index (κ1) is 20.5. The van der Waals surface area contributed by atoms with Crippen molar-refractivity contribution in [3.05, 3.63) is 54.1 Å². The van der Waals surface area contributed by atoms with Crippen molar-refractivity contribution < 1.29 is 21.9 Å². The molecule has 1 aliphatic heterocycles. The van der Waals surface area contributed by atoms with Crippen molar-refractivity contribution in [1.29, 1.82) is 0 Å². The van der Waals surface area contributed by atoms with E-state index in [2.05, 4.69) is 14.5 Å². The van der Waals surface area contributed by atoms with Gasteiger partial charge in [0.05, 0.1) is 17.7 Å². The number of nitrogens with zero attached hydrogens (tertiary/aromatic N) is 2. The van der Waals surface area contributed by atoms with Gasteiger partial charge in [-0.25, -0.2) is 21.9 Å². The van der Waals surface area contributed by atoms with E-state index in [0.717, 1.165) is 49.7 Å². The second-order valence-electron chi connectivity index (χ2n) is 6.50. The van der Waals surface area contributed by atoms with Crippen molar-refractivity contribution in [3.8, 4) is 5.75 Å². The van der Waals surface area contributed by atoms with E-state index in [0.29, 0.717) is 12.6 Å². The second-order valence-corrected chi connectivity index (χ2v) is 8.27. The highest BCUT2D eigenvalue weighted by Gasteiger charge is 2.21. The van der Waals surface area contributed by atoms with E-state index < -0.39 is 26.6 Å². The van der Waals surface area contributed by atoms with Crippen LogP contribution in [0.3, 0.4) is 0 Å². The number of methoxy groups -OCH3 is 1. The van der Waals surface area contributed by atoms with Gasteiger partial charge >= 0.3 is 0 Å². The summed E-state index contributed by atoms with van der Waals surface area (Å²) in [6.07, 6.45) is 0. The van der Waals surface area contributed by atoms with Gasteiger partial charge in [0.15, 0.2) is 0 Å². The average molecular weight is 411 g/mol. The first-order valence-corrected chi connectivity index (χ1v) is 10.4. The van der Waals surface area contributed by atoms with Gasteiger partial charge in [-0.15, -0.1) is 0 Å². The summed E-state index contributed by atoms with van der Waals surface area (Å²) in [6, 6.07) is 10.1. The van der Waals surface area contributed by atoms with E-state index in [1.165, 1.54) is 0 Å². The first-order valence-electron chi connectivity index (χ1n) is 8.95. The molecule has 9 heteroatoms. The summed E-state index contributed by atoms with van der Waals surface area (Å²) in [7, 11) is -2.31. The van der Waals surface area contributed by atoms with Gasteiger partial charge in [0.25, 0.3) is 0 Å². The van der Waals surface area contributed by atoms with Crippen LogP contribution in [0, 0.1) is 11.6 Å². The highest BCUT2D eigenvalue weighted by Crippen LogP contribution is 2.28. The molecule has 1 aliphatic rings. The average Bonchev–Trinajstić information content (AvgIpc) is 2.67. The molecule has 2 aromatic rings. The van der Waals surface area contributed by atoms with Gasteiger partial charge in [-0.3, -0.25) is 4.90 Å². The summed E-state index contributed by atoms with van der Waals surface area (Å²) in [5, 5.41) is 0. The quantitative estimate of drug-likeness (QED) is 0.756. The molecular formula is C19H23F2N3O3S. The van der Waals surface area contributed by atoms with Gasteiger partial charge in [-0.05, 0) is 24.3 Å². The van der Waals surface area contributed by atoms with E-state index in [-0.39, 0.29) is 6.54 Å². The van der Waals surface area contributed by atoms with Gasteiger partial charge in [-0.2, -0.15) is 0 Å². The van der Waals surface area contributed by atoms with Crippen molar-refractivity contribution in [2.45, 2.75) is 4.90 Å². The summed E-state index contributed by atoms with van der Waals surface area (Å²) in [5.74, 6) is -1.02. The molecule has 0 unspecified atom stereocenters. The standard InChI is InChI=1S/C19H23F2N3O3S/c1-27-19-5-3-2-4-18(19)24-10-8-23(9-11-24)7-6-22-28(25,26)17-13-15(20)12-16(21)14-17/h2-5,12-14,22H,6-11H2,1H3. The maximum absolute atomic E-state index is 13.2. The van der Waals surface area contributed by atoms with Crippen LogP contribution in [0.15, 0.2) is 47.4 Å². The van der Waals surface area contributed by atoms with Gasteiger partial charge in [-0.1, -0.05) is 12.1 Å². The number of ether oxygens (including phenoxy) is 1. The molecule has 0 atom stereocenters. The summed E-state index contributed by atoms with van der Waals surface area (Å²) in [4.78, 5) is 3.96. The number of rotatable bonds is 7. The largest absolute Gasteiger partial charge is 0.495 e. The van der Waals surface area contributed by atoms with Crippen molar-refractivity contribution in [2.24, 2.45) is 0 Å².